The van der Waals surface area contributed by atoms with Crippen LogP contribution in [-0.4, -0.2) is 5.78 Å². The Morgan fingerprint density at radius 3 is 2.74 bits per heavy atom. The molecule has 0 spiro atoms. The smallest absolute Gasteiger partial charge is 0.195 e. The SMILES string of the molecule is Cc1cccc(N)c1C(=O)c1ccc2c(c1)COC2. The molecule has 1 aliphatic heterocycles. The van der Waals surface area contributed by atoms with Crippen LogP contribution in [0.15, 0.2) is 36.4 Å². The molecule has 0 fully saturated rings. The molecule has 0 aliphatic carbocycles. The standard InChI is InChI=1S/C16H15NO2/c1-10-3-2-4-14(17)15(10)16(18)11-5-6-12-8-19-9-13(12)7-11/h2-7H,8-9,17H2,1H3. The molecular weight excluding hydrogens is 238 g/mol. The molecule has 1 aliphatic rings. The van der Waals surface area contributed by atoms with Crippen LogP contribution in [0.25, 0.3) is 0 Å². The number of carbonyl (C=O) groups is 1. The van der Waals surface area contributed by atoms with E-state index in [1.807, 2.05) is 37.3 Å². The highest BCUT2D eigenvalue weighted by atomic mass is 16.5. The van der Waals surface area contributed by atoms with Gasteiger partial charge in [0.1, 0.15) is 0 Å². The van der Waals surface area contributed by atoms with Crippen LogP contribution in [0.3, 0.4) is 0 Å². The summed E-state index contributed by atoms with van der Waals surface area (Å²) in [6.07, 6.45) is 0. The largest absolute Gasteiger partial charge is 0.398 e. The zero-order chi connectivity index (χ0) is 13.4. The van der Waals surface area contributed by atoms with Gasteiger partial charge in [-0.2, -0.15) is 0 Å². The molecule has 2 N–H and O–H groups in total. The number of ether oxygens (including phenoxy) is 1. The lowest BCUT2D eigenvalue weighted by Crippen LogP contribution is -2.08. The topological polar surface area (TPSA) is 52.3 Å². The Labute approximate surface area is 112 Å². The fourth-order valence-corrected chi connectivity index (χ4v) is 2.46. The fourth-order valence-electron chi connectivity index (χ4n) is 2.46. The second kappa shape index (κ2) is 4.52. The zero-order valence-corrected chi connectivity index (χ0v) is 10.8. The van der Waals surface area contributed by atoms with Crippen LogP contribution in [0, 0.1) is 6.92 Å². The van der Waals surface area contributed by atoms with Gasteiger partial charge in [-0.25, -0.2) is 0 Å². The van der Waals surface area contributed by atoms with Crippen LogP contribution in [0.4, 0.5) is 5.69 Å². The zero-order valence-electron chi connectivity index (χ0n) is 10.8. The van der Waals surface area contributed by atoms with Crippen molar-refractivity contribution in [1.82, 2.24) is 0 Å². The molecule has 0 atom stereocenters. The third-order valence-electron chi connectivity index (χ3n) is 3.52. The summed E-state index contributed by atoms with van der Waals surface area (Å²) >= 11 is 0. The Bertz CT molecular complexity index is 642. The summed E-state index contributed by atoms with van der Waals surface area (Å²) in [7, 11) is 0. The Morgan fingerprint density at radius 1 is 1.16 bits per heavy atom. The predicted molar refractivity (Wildman–Crippen MR) is 74.0 cm³/mol. The van der Waals surface area contributed by atoms with Crippen molar-refractivity contribution in [3.05, 3.63) is 64.2 Å². The van der Waals surface area contributed by atoms with Crippen molar-refractivity contribution in [2.24, 2.45) is 0 Å². The van der Waals surface area contributed by atoms with Gasteiger partial charge in [0.15, 0.2) is 5.78 Å². The van der Waals surface area contributed by atoms with E-state index in [0.29, 0.717) is 30.0 Å². The number of hydrogen-bond donors (Lipinski definition) is 1. The van der Waals surface area contributed by atoms with E-state index < -0.39 is 0 Å². The summed E-state index contributed by atoms with van der Waals surface area (Å²) in [5, 5.41) is 0. The highest BCUT2D eigenvalue weighted by Crippen LogP contribution is 2.25. The van der Waals surface area contributed by atoms with E-state index in [0.717, 1.165) is 16.7 Å². The highest BCUT2D eigenvalue weighted by Gasteiger charge is 2.18. The summed E-state index contributed by atoms with van der Waals surface area (Å²) in [5.41, 5.74) is 10.9. The molecule has 0 aromatic heterocycles. The quantitative estimate of drug-likeness (QED) is 0.661. The molecular formula is C16H15NO2. The summed E-state index contributed by atoms with van der Waals surface area (Å²) in [6.45, 7) is 3.12. The second-order valence-electron chi connectivity index (χ2n) is 4.84. The lowest BCUT2D eigenvalue weighted by Gasteiger charge is -2.09. The number of rotatable bonds is 2. The monoisotopic (exact) mass is 253 g/mol. The van der Waals surface area contributed by atoms with Crippen LogP contribution in [-0.2, 0) is 18.0 Å². The summed E-state index contributed by atoms with van der Waals surface area (Å²) in [6, 6.07) is 11.2. The number of aryl methyl sites for hydroxylation is 1. The summed E-state index contributed by atoms with van der Waals surface area (Å²) in [5.74, 6) is -0.0229. The van der Waals surface area contributed by atoms with Crippen LogP contribution in [0.1, 0.15) is 32.6 Å². The Balaban J connectivity index is 2.05. The highest BCUT2D eigenvalue weighted by molar-refractivity contribution is 6.13. The van der Waals surface area contributed by atoms with Crippen LogP contribution in [0.5, 0.6) is 0 Å². The van der Waals surface area contributed by atoms with E-state index in [1.165, 1.54) is 0 Å². The number of nitrogen functional groups attached to an aromatic ring is 1. The van der Waals surface area contributed by atoms with E-state index in [1.54, 1.807) is 6.07 Å². The molecule has 0 saturated heterocycles. The first-order valence-electron chi connectivity index (χ1n) is 6.26. The number of fused-ring (bicyclic) bond motifs is 1. The maximum atomic E-state index is 12.6. The van der Waals surface area contributed by atoms with Crippen LogP contribution >= 0.6 is 0 Å². The fraction of sp³-hybridized carbons (Fsp3) is 0.188. The van der Waals surface area contributed by atoms with Gasteiger partial charge >= 0.3 is 0 Å². The van der Waals surface area contributed by atoms with Crippen molar-refractivity contribution >= 4 is 11.5 Å². The van der Waals surface area contributed by atoms with Crippen LogP contribution in [0.2, 0.25) is 0 Å². The molecule has 0 amide bonds. The minimum Gasteiger partial charge on any atom is -0.398 e. The molecule has 2 aromatic carbocycles. The number of nitrogens with two attached hydrogens (primary N) is 1. The molecule has 0 unspecified atom stereocenters. The lowest BCUT2D eigenvalue weighted by atomic mass is 9.95. The third-order valence-corrected chi connectivity index (χ3v) is 3.52. The molecule has 1 heterocycles. The maximum Gasteiger partial charge on any atom is 0.195 e. The number of ketones is 1. The third kappa shape index (κ3) is 2.02. The van der Waals surface area contributed by atoms with Crippen molar-refractivity contribution in [3.8, 4) is 0 Å². The van der Waals surface area contributed by atoms with Gasteiger partial charge in [0.05, 0.1) is 13.2 Å². The number of anilines is 1. The molecule has 0 bridgehead atoms. The van der Waals surface area contributed by atoms with Crippen molar-refractivity contribution in [2.45, 2.75) is 20.1 Å². The average molecular weight is 253 g/mol. The molecule has 0 radical (unpaired) electrons. The van der Waals surface area contributed by atoms with Crippen molar-refractivity contribution in [1.29, 1.82) is 0 Å². The van der Waals surface area contributed by atoms with E-state index in [9.17, 15) is 4.79 Å². The van der Waals surface area contributed by atoms with Gasteiger partial charge in [0.25, 0.3) is 0 Å². The molecule has 19 heavy (non-hydrogen) atoms. The van der Waals surface area contributed by atoms with Gasteiger partial charge in [-0.05, 0) is 35.7 Å². The van der Waals surface area contributed by atoms with Gasteiger partial charge in [-0.15, -0.1) is 0 Å². The first-order chi connectivity index (χ1) is 9.16. The minimum atomic E-state index is -0.0229. The second-order valence-corrected chi connectivity index (χ2v) is 4.84. The van der Waals surface area contributed by atoms with E-state index in [4.69, 9.17) is 10.5 Å². The first-order valence-corrected chi connectivity index (χ1v) is 6.26. The lowest BCUT2D eigenvalue weighted by molar-refractivity contribution is 0.103. The van der Waals surface area contributed by atoms with E-state index in [-0.39, 0.29) is 5.78 Å². The number of carbonyl (C=O) groups excluding carboxylic acids is 1. The Hall–Kier alpha value is -2.13. The minimum absolute atomic E-state index is 0.0229. The first kappa shape index (κ1) is 11.9. The van der Waals surface area contributed by atoms with Gasteiger partial charge in [0.2, 0.25) is 0 Å². The molecule has 3 rings (SSSR count). The molecule has 3 heteroatoms. The number of benzene rings is 2. The predicted octanol–water partition coefficient (Wildman–Crippen LogP) is 2.84. The van der Waals surface area contributed by atoms with Gasteiger partial charge in [0, 0.05) is 16.8 Å². The maximum absolute atomic E-state index is 12.6. The van der Waals surface area contributed by atoms with E-state index >= 15 is 0 Å². The molecule has 2 aromatic rings. The molecule has 3 nitrogen and oxygen atoms in total. The Morgan fingerprint density at radius 2 is 1.95 bits per heavy atom. The van der Waals surface area contributed by atoms with Crippen molar-refractivity contribution in [3.63, 3.8) is 0 Å². The van der Waals surface area contributed by atoms with E-state index in [2.05, 4.69) is 0 Å². The number of hydrogen-bond acceptors (Lipinski definition) is 3. The molecule has 96 valence electrons. The van der Waals surface area contributed by atoms with Crippen molar-refractivity contribution < 1.29 is 9.53 Å². The van der Waals surface area contributed by atoms with Gasteiger partial charge < -0.3 is 10.5 Å². The van der Waals surface area contributed by atoms with Gasteiger partial charge in [-0.3, -0.25) is 4.79 Å². The Kier molecular flexibility index (Phi) is 2.84. The average Bonchev–Trinajstić information content (AvgIpc) is 2.85. The molecule has 0 saturated carbocycles. The summed E-state index contributed by atoms with van der Waals surface area (Å²) < 4.78 is 5.37. The normalized spacial score (nSPS) is 13.3. The summed E-state index contributed by atoms with van der Waals surface area (Å²) in [4.78, 5) is 12.6. The van der Waals surface area contributed by atoms with Gasteiger partial charge in [-0.1, -0.05) is 24.3 Å². The van der Waals surface area contributed by atoms with Crippen LogP contribution < -0.4 is 5.73 Å². The van der Waals surface area contributed by atoms with Crippen molar-refractivity contribution in [2.75, 3.05) is 5.73 Å².